The number of urea groups is 1. The Balaban J connectivity index is 1.54. The van der Waals surface area contributed by atoms with Crippen molar-refractivity contribution >= 4 is 33.8 Å². The second-order valence-corrected chi connectivity index (χ2v) is 14.8. The summed E-state index contributed by atoms with van der Waals surface area (Å²) in [6.45, 7) is 3.94. The summed E-state index contributed by atoms with van der Waals surface area (Å²) in [6, 6.07) is 6.92. The zero-order chi connectivity index (χ0) is 24.9. The van der Waals surface area contributed by atoms with Gasteiger partial charge in [0.05, 0.1) is 22.5 Å². The first-order valence-corrected chi connectivity index (χ1v) is 14.2. The average Bonchev–Trinajstić information content (AvgIpc) is 3.22. The lowest BCUT2D eigenvalue weighted by Gasteiger charge is -2.53. The maximum atomic E-state index is 13.3. The number of nitrogens with one attached hydrogen (secondary N) is 3. The number of fused-ring (bicyclic) bond motifs is 1. The lowest BCUT2D eigenvalue weighted by molar-refractivity contribution is -0.139. The molecular formula is C24H33N5O4S. The third-order valence-corrected chi connectivity index (χ3v) is 10.3. The third-order valence-electron chi connectivity index (χ3n) is 7.34. The summed E-state index contributed by atoms with van der Waals surface area (Å²) in [7, 11) is -1.12. The Hall–Kier alpha value is -3.01. The van der Waals surface area contributed by atoms with Gasteiger partial charge in [0.15, 0.2) is 11.9 Å². The number of hydrogen-bond donors (Lipinski definition) is 4. The minimum absolute atomic E-state index is 0.00808. The van der Waals surface area contributed by atoms with Crippen molar-refractivity contribution in [2.45, 2.75) is 56.0 Å². The molecule has 1 aromatic carbocycles. The average molecular weight is 488 g/mol. The number of nitrogens with zero attached hydrogens (tertiary/aromatic N) is 2. The topological polar surface area (TPSA) is 127 Å². The number of aliphatic carboxylic acids is 1. The zero-order valence-electron chi connectivity index (χ0n) is 20.3. The Kier molecular flexibility index (Phi) is 5.91. The van der Waals surface area contributed by atoms with Crippen molar-refractivity contribution in [2.75, 3.05) is 24.1 Å². The van der Waals surface area contributed by atoms with Gasteiger partial charge in [0.1, 0.15) is 0 Å². The Bertz CT molecular complexity index is 1120. The number of carbonyl (C=O) groups excluding carboxylic acids is 2. The van der Waals surface area contributed by atoms with Crippen LogP contribution in [-0.4, -0.2) is 61.6 Å². The first kappa shape index (κ1) is 24.1. The van der Waals surface area contributed by atoms with Gasteiger partial charge < -0.3 is 20.6 Å². The first-order valence-electron chi connectivity index (χ1n) is 11.3. The molecular weight excluding hydrogens is 454 g/mol. The number of aromatic amines is 1. The Labute approximate surface area is 201 Å². The minimum atomic E-state index is -1.17. The zero-order valence-corrected chi connectivity index (χ0v) is 21.1. The van der Waals surface area contributed by atoms with Crippen molar-refractivity contribution in [1.29, 1.82) is 0 Å². The highest BCUT2D eigenvalue weighted by atomic mass is 32.3. The maximum absolute atomic E-state index is 13.3. The Morgan fingerprint density at radius 3 is 2.32 bits per heavy atom. The fourth-order valence-electron chi connectivity index (χ4n) is 4.92. The van der Waals surface area contributed by atoms with E-state index in [4.69, 9.17) is 0 Å². The fraction of sp³-hybridized carbons (Fsp3) is 0.500. The van der Waals surface area contributed by atoms with Gasteiger partial charge in [0.2, 0.25) is 5.91 Å². The molecule has 184 valence electrons. The predicted molar refractivity (Wildman–Crippen MR) is 133 cm³/mol. The van der Waals surface area contributed by atoms with Crippen LogP contribution in [0.3, 0.4) is 0 Å². The van der Waals surface area contributed by atoms with Gasteiger partial charge in [-0.25, -0.2) is 19.6 Å². The van der Waals surface area contributed by atoms with Gasteiger partial charge in [-0.05, 0) is 57.4 Å². The number of carboxylic acid groups (broad SMARTS) is 1. The molecule has 1 atom stereocenters. The number of hydrogen-bond acceptors (Lipinski definition) is 4. The minimum Gasteiger partial charge on any atom is -0.479 e. The van der Waals surface area contributed by atoms with E-state index in [-0.39, 0.29) is 17.2 Å². The number of amides is 3. The molecule has 0 unspecified atom stereocenters. The van der Waals surface area contributed by atoms with Gasteiger partial charge in [-0.3, -0.25) is 9.89 Å². The van der Waals surface area contributed by atoms with Crippen molar-refractivity contribution in [3.05, 3.63) is 47.2 Å². The molecule has 9 nitrogen and oxygen atoms in total. The molecule has 3 amide bonds. The summed E-state index contributed by atoms with van der Waals surface area (Å²) < 4.78 is -0.353. The van der Waals surface area contributed by atoms with Gasteiger partial charge in [-0.2, -0.15) is 5.10 Å². The molecule has 1 aliphatic carbocycles. The quantitative estimate of drug-likeness (QED) is 0.496. The van der Waals surface area contributed by atoms with Crippen LogP contribution in [0.5, 0.6) is 0 Å². The van der Waals surface area contributed by atoms with E-state index in [0.717, 1.165) is 30.5 Å². The molecule has 34 heavy (non-hydrogen) atoms. The number of rotatable bonds is 6. The van der Waals surface area contributed by atoms with Crippen LogP contribution in [0.1, 0.15) is 56.0 Å². The van der Waals surface area contributed by atoms with Crippen LogP contribution in [0.4, 0.5) is 10.6 Å². The number of anilines is 1. The molecule has 2 heterocycles. The van der Waals surface area contributed by atoms with Gasteiger partial charge in [-0.15, -0.1) is 0 Å². The molecule has 0 spiro atoms. The van der Waals surface area contributed by atoms with E-state index in [9.17, 15) is 19.5 Å². The molecule has 10 heteroatoms. The van der Waals surface area contributed by atoms with Gasteiger partial charge in [0.25, 0.3) is 0 Å². The van der Waals surface area contributed by atoms with E-state index in [1.807, 2.05) is 13.8 Å². The molecule has 2 aromatic rings. The largest absolute Gasteiger partial charge is 0.479 e. The van der Waals surface area contributed by atoms with Crippen molar-refractivity contribution < 1.29 is 19.5 Å². The second-order valence-electron chi connectivity index (χ2n) is 10.3. The summed E-state index contributed by atoms with van der Waals surface area (Å²) >= 11 is 0. The summed E-state index contributed by atoms with van der Waals surface area (Å²) in [6.07, 6.45) is 9.30. The molecule has 0 saturated heterocycles. The SMILES string of the molecule is CC1(C)c2[nH]nc(NC(=O)C3(S(C)(C)C)CCC3)c2CN1C(=O)N[C@H](C(=O)O)c1ccccc1. The molecule has 1 aliphatic heterocycles. The van der Waals surface area contributed by atoms with Crippen molar-refractivity contribution in [3.8, 4) is 0 Å². The standard InChI is InChI=1S/C24H33N5O4S/c1-23(2)18-16(19(28-27-18)26-21(32)24(12-9-13-24)34(3,4)5)14-29(23)22(33)25-17(20(30)31)15-10-7-6-8-11-15/h6-8,10-11,17H,9,12-14H2,1-5H3,(H,25,33)(H,30,31)(H2,26,27,28,32)/t17-/m0/s1. The van der Waals surface area contributed by atoms with E-state index in [1.54, 1.807) is 35.2 Å². The van der Waals surface area contributed by atoms with Gasteiger partial charge in [0, 0.05) is 5.56 Å². The van der Waals surface area contributed by atoms with Gasteiger partial charge in [-0.1, -0.05) is 30.3 Å². The van der Waals surface area contributed by atoms with Crippen molar-refractivity contribution in [2.24, 2.45) is 0 Å². The molecule has 1 saturated carbocycles. The van der Waals surface area contributed by atoms with Crippen LogP contribution >= 0.6 is 10.0 Å². The maximum Gasteiger partial charge on any atom is 0.330 e. The molecule has 2 aliphatic rings. The monoisotopic (exact) mass is 487 g/mol. The van der Waals surface area contributed by atoms with Crippen LogP contribution in [0, 0.1) is 0 Å². The summed E-state index contributed by atoms with van der Waals surface area (Å²) in [4.78, 5) is 40.0. The van der Waals surface area contributed by atoms with E-state index in [1.165, 1.54) is 0 Å². The van der Waals surface area contributed by atoms with Crippen LogP contribution < -0.4 is 10.6 Å². The van der Waals surface area contributed by atoms with E-state index < -0.39 is 33.6 Å². The van der Waals surface area contributed by atoms with Crippen LogP contribution in [-0.2, 0) is 21.7 Å². The number of carboxylic acids is 1. The lowest BCUT2D eigenvalue weighted by Crippen LogP contribution is -2.51. The molecule has 1 fully saturated rings. The molecule has 4 N–H and O–H groups in total. The highest BCUT2D eigenvalue weighted by molar-refractivity contribution is 8.33. The fourth-order valence-corrected chi connectivity index (χ4v) is 7.04. The molecule has 0 bridgehead atoms. The smallest absolute Gasteiger partial charge is 0.330 e. The van der Waals surface area contributed by atoms with E-state index >= 15 is 0 Å². The highest BCUT2D eigenvalue weighted by Crippen LogP contribution is 2.60. The van der Waals surface area contributed by atoms with Gasteiger partial charge >= 0.3 is 12.0 Å². The van der Waals surface area contributed by atoms with Crippen LogP contribution in [0.25, 0.3) is 0 Å². The number of H-pyrrole nitrogens is 1. The van der Waals surface area contributed by atoms with Crippen LogP contribution in [0.15, 0.2) is 30.3 Å². The lowest BCUT2D eigenvalue weighted by atomic mass is 9.83. The summed E-state index contributed by atoms with van der Waals surface area (Å²) in [5, 5.41) is 22.8. The molecule has 0 radical (unpaired) electrons. The number of benzene rings is 1. The predicted octanol–water partition coefficient (Wildman–Crippen LogP) is 3.55. The van der Waals surface area contributed by atoms with E-state index in [0.29, 0.717) is 11.4 Å². The molecule has 1 aromatic heterocycles. The summed E-state index contributed by atoms with van der Waals surface area (Å²) in [5.41, 5.74) is 1.20. The first-order chi connectivity index (χ1) is 15.9. The second kappa shape index (κ2) is 8.33. The highest BCUT2D eigenvalue weighted by Gasteiger charge is 2.51. The normalized spacial score (nSPS) is 19.5. The van der Waals surface area contributed by atoms with E-state index in [2.05, 4.69) is 39.6 Å². The Morgan fingerprint density at radius 2 is 1.79 bits per heavy atom. The number of aromatic nitrogens is 2. The third kappa shape index (κ3) is 3.83. The van der Waals surface area contributed by atoms with Crippen molar-refractivity contribution in [3.63, 3.8) is 0 Å². The van der Waals surface area contributed by atoms with Crippen molar-refractivity contribution in [1.82, 2.24) is 20.4 Å². The summed E-state index contributed by atoms with van der Waals surface area (Å²) in [5.74, 6) is -0.706. The van der Waals surface area contributed by atoms with Crippen LogP contribution in [0.2, 0.25) is 0 Å². The Morgan fingerprint density at radius 1 is 1.15 bits per heavy atom. The number of carbonyl (C=O) groups is 3. The molecule has 4 rings (SSSR count).